The summed E-state index contributed by atoms with van der Waals surface area (Å²) in [5.74, 6) is 1.85. The van der Waals surface area contributed by atoms with E-state index in [1.54, 1.807) is 43.4 Å². The molecule has 1 fully saturated rings. The third-order valence-corrected chi connectivity index (χ3v) is 5.92. The lowest BCUT2D eigenvalue weighted by molar-refractivity contribution is -0.127. The largest absolute Gasteiger partial charge is 0.497 e. The van der Waals surface area contributed by atoms with E-state index in [0.717, 1.165) is 0 Å². The molecule has 0 saturated carbocycles. The molecule has 0 spiro atoms. The van der Waals surface area contributed by atoms with E-state index >= 15 is 0 Å². The van der Waals surface area contributed by atoms with Crippen molar-refractivity contribution >= 4 is 11.8 Å². The van der Waals surface area contributed by atoms with E-state index in [-0.39, 0.29) is 29.5 Å². The standard InChI is InChI=1S/C23H31N3O5/c1-14(2)15(3)24-22(27)16-8-10-26(11-9-16)23(28)19-13-21(31-25-19)18-12-17(29-4)6-7-20(18)30-5/h6-7,12-16H,8-11H2,1-5H3,(H,24,27). The van der Waals surface area contributed by atoms with Gasteiger partial charge < -0.3 is 24.2 Å². The summed E-state index contributed by atoms with van der Waals surface area (Å²) in [5, 5.41) is 7.04. The number of carbonyl (C=O) groups excluding carboxylic acids is 2. The van der Waals surface area contributed by atoms with Crippen LogP contribution in [0.4, 0.5) is 0 Å². The molecular weight excluding hydrogens is 398 g/mol. The van der Waals surface area contributed by atoms with Gasteiger partial charge in [-0.1, -0.05) is 19.0 Å². The molecule has 1 aromatic heterocycles. The van der Waals surface area contributed by atoms with Crippen LogP contribution in [0.5, 0.6) is 11.5 Å². The number of amides is 2. The number of aromatic nitrogens is 1. The fourth-order valence-electron chi connectivity index (χ4n) is 3.53. The van der Waals surface area contributed by atoms with E-state index in [0.29, 0.717) is 54.7 Å². The second-order valence-electron chi connectivity index (χ2n) is 8.25. The van der Waals surface area contributed by atoms with Gasteiger partial charge in [0.15, 0.2) is 11.5 Å². The van der Waals surface area contributed by atoms with Crippen molar-refractivity contribution < 1.29 is 23.6 Å². The zero-order chi connectivity index (χ0) is 22.5. The first-order valence-electron chi connectivity index (χ1n) is 10.6. The fraction of sp³-hybridized carbons (Fsp3) is 0.522. The van der Waals surface area contributed by atoms with Crippen molar-refractivity contribution in [1.29, 1.82) is 0 Å². The highest BCUT2D eigenvalue weighted by atomic mass is 16.5. The molecule has 2 heterocycles. The molecule has 0 bridgehead atoms. The van der Waals surface area contributed by atoms with E-state index in [2.05, 4.69) is 24.3 Å². The van der Waals surface area contributed by atoms with Gasteiger partial charge in [0.05, 0.1) is 19.8 Å². The minimum absolute atomic E-state index is 0.0702. The van der Waals surface area contributed by atoms with Crippen LogP contribution in [0.2, 0.25) is 0 Å². The molecule has 1 saturated heterocycles. The van der Waals surface area contributed by atoms with Crippen molar-refractivity contribution in [3.8, 4) is 22.8 Å². The van der Waals surface area contributed by atoms with Gasteiger partial charge in [-0.25, -0.2) is 0 Å². The molecule has 31 heavy (non-hydrogen) atoms. The van der Waals surface area contributed by atoms with Crippen LogP contribution >= 0.6 is 0 Å². The summed E-state index contributed by atoms with van der Waals surface area (Å²) < 4.78 is 16.1. The number of carbonyl (C=O) groups is 2. The van der Waals surface area contributed by atoms with E-state index in [9.17, 15) is 9.59 Å². The number of methoxy groups -OCH3 is 2. The van der Waals surface area contributed by atoms with Gasteiger partial charge in [-0.2, -0.15) is 0 Å². The summed E-state index contributed by atoms with van der Waals surface area (Å²) in [6.45, 7) is 7.20. The fourth-order valence-corrected chi connectivity index (χ4v) is 3.53. The summed E-state index contributed by atoms with van der Waals surface area (Å²) in [6, 6.07) is 7.08. The maximum atomic E-state index is 12.9. The highest BCUT2D eigenvalue weighted by molar-refractivity contribution is 5.93. The number of rotatable bonds is 7. The van der Waals surface area contributed by atoms with E-state index < -0.39 is 0 Å². The molecule has 1 N–H and O–H groups in total. The average Bonchev–Trinajstić information content (AvgIpc) is 3.28. The Labute approximate surface area is 182 Å². The Kier molecular flexibility index (Phi) is 7.20. The predicted octanol–water partition coefficient (Wildman–Crippen LogP) is 3.37. The van der Waals surface area contributed by atoms with Gasteiger partial charge in [0, 0.05) is 31.1 Å². The molecule has 1 atom stereocenters. The second kappa shape index (κ2) is 9.85. The Hall–Kier alpha value is -3.03. The summed E-state index contributed by atoms with van der Waals surface area (Å²) in [4.78, 5) is 27.1. The van der Waals surface area contributed by atoms with Crippen molar-refractivity contribution in [2.24, 2.45) is 11.8 Å². The maximum absolute atomic E-state index is 12.9. The van der Waals surface area contributed by atoms with Gasteiger partial charge in [-0.3, -0.25) is 9.59 Å². The lowest BCUT2D eigenvalue weighted by atomic mass is 9.94. The topological polar surface area (TPSA) is 93.9 Å². The predicted molar refractivity (Wildman–Crippen MR) is 116 cm³/mol. The van der Waals surface area contributed by atoms with Crippen LogP contribution < -0.4 is 14.8 Å². The molecule has 1 aliphatic heterocycles. The number of benzene rings is 1. The molecule has 2 aromatic rings. The first-order chi connectivity index (χ1) is 14.8. The summed E-state index contributed by atoms with van der Waals surface area (Å²) in [6.07, 6.45) is 1.27. The third kappa shape index (κ3) is 5.18. The molecule has 0 aliphatic carbocycles. The van der Waals surface area contributed by atoms with Crippen molar-refractivity contribution in [1.82, 2.24) is 15.4 Å². The zero-order valence-corrected chi connectivity index (χ0v) is 18.8. The Morgan fingerprint density at radius 3 is 2.45 bits per heavy atom. The van der Waals surface area contributed by atoms with Crippen LogP contribution in [0.15, 0.2) is 28.8 Å². The van der Waals surface area contributed by atoms with Crippen molar-refractivity contribution in [3.63, 3.8) is 0 Å². The minimum Gasteiger partial charge on any atom is -0.497 e. The highest BCUT2D eigenvalue weighted by Gasteiger charge is 2.30. The van der Waals surface area contributed by atoms with Gasteiger partial charge in [-0.15, -0.1) is 0 Å². The van der Waals surface area contributed by atoms with Gasteiger partial charge in [-0.05, 0) is 43.9 Å². The summed E-state index contributed by atoms with van der Waals surface area (Å²) >= 11 is 0. The van der Waals surface area contributed by atoms with Gasteiger partial charge in [0.1, 0.15) is 11.5 Å². The number of nitrogens with one attached hydrogen (secondary N) is 1. The van der Waals surface area contributed by atoms with Crippen molar-refractivity contribution in [2.75, 3.05) is 27.3 Å². The van der Waals surface area contributed by atoms with Gasteiger partial charge in [0.2, 0.25) is 5.91 Å². The van der Waals surface area contributed by atoms with E-state index in [1.807, 2.05) is 6.92 Å². The normalized spacial score (nSPS) is 15.6. The highest BCUT2D eigenvalue weighted by Crippen LogP contribution is 2.34. The Morgan fingerprint density at radius 2 is 1.84 bits per heavy atom. The quantitative estimate of drug-likeness (QED) is 0.725. The maximum Gasteiger partial charge on any atom is 0.276 e. The molecule has 1 aliphatic rings. The van der Waals surface area contributed by atoms with Gasteiger partial charge in [0.25, 0.3) is 5.91 Å². The van der Waals surface area contributed by atoms with E-state index in [1.165, 1.54) is 0 Å². The Balaban J connectivity index is 1.64. The molecule has 0 radical (unpaired) electrons. The van der Waals surface area contributed by atoms with Crippen LogP contribution in [-0.4, -0.2) is 55.2 Å². The van der Waals surface area contributed by atoms with Crippen LogP contribution in [0.1, 0.15) is 44.1 Å². The van der Waals surface area contributed by atoms with Crippen LogP contribution in [0.3, 0.4) is 0 Å². The van der Waals surface area contributed by atoms with Crippen LogP contribution in [0.25, 0.3) is 11.3 Å². The third-order valence-electron chi connectivity index (χ3n) is 5.92. The summed E-state index contributed by atoms with van der Waals surface area (Å²) in [5.41, 5.74) is 0.888. The number of nitrogens with zero attached hydrogens (tertiary/aromatic N) is 2. The molecule has 168 valence electrons. The van der Waals surface area contributed by atoms with Gasteiger partial charge >= 0.3 is 0 Å². The number of hydrogen-bond acceptors (Lipinski definition) is 6. The Morgan fingerprint density at radius 1 is 1.13 bits per heavy atom. The SMILES string of the molecule is COc1ccc(OC)c(-c2cc(C(=O)N3CCC(C(=O)NC(C)C(C)C)CC3)no2)c1. The number of ether oxygens (including phenoxy) is 2. The average molecular weight is 430 g/mol. The van der Waals surface area contributed by atoms with Crippen LogP contribution in [0, 0.1) is 11.8 Å². The van der Waals surface area contributed by atoms with Crippen molar-refractivity contribution in [2.45, 2.75) is 39.7 Å². The molecular formula is C23H31N3O5. The molecule has 8 heteroatoms. The van der Waals surface area contributed by atoms with Crippen LogP contribution in [-0.2, 0) is 4.79 Å². The minimum atomic E-state index is -0.203. The monoisotopic (exact) mass is 429 g/mol. The molecule has 1 aromatic carbocycles. The Bertz CT molecular complexity index is 916. The van der Waals surface area contributed by atoms with Crippen molar-refractivity contribution in [3.05, 3.63) is 30.0 Å². The number of hydrogen-bond donors (Lipinski definition) is 1. The number of piperidine rings is 1. The summed E-state index contributed by atoms with van der Waals surface area (Å²) in [7, 11) is 3.14. The first kappa shape index (κ1) is 22.7. The first-order valence-corrected chi connectivity index (χ1v) is 10.6. The lowest BCUT2D eigenvalue weighted by Gasteiger charge is -2.31. The smallest absolute Gasteiger partial charge is 0.276 e. The molecule has 1 unspecified atom stereocenters. The lowest BCUT2D eigenvalue weighted by Crippen LogP contribution is -2.45. The number of likely N-dealkylation sites (tertiary alicyclic amines) is 1. The molecule has 8 nitrogen and oxygen atoms in total. The molecule has 3 rings (SSSR count). The zero-order valence-electron chi connectivity index (χ0n) is 18.8. The second-order valence-corrected chi connectivity index (χ2v) is 8.25. The van der Waals surface area contributed by atoms with E-state index in [4.69, 9.17) is 14.0 Å². The molecule has 2 amide bonds.